The lowest BCUT2D eigenvalue weighted by molar-refractivity contribution is -0.893. The van der Waals surface area contributed by atoms with Crippen LogP contribution < -0.4 is 5.32 Å². The number of hydrogen-bond donors (Lipinski definition) is 4. The fourth-order valence-corrected chi connectivity index (χ4v) is 3.76. The SMILES string of the molecule is CCCCCCCCCCCC(=O)NCCN(CCO)CC(O)C[N+](C)(C)CCO. The maximum absolute atomic E-state index is 12.0. The second kappa shape index (κ2) is 19.0. The molecule has 0 aromatic rings. The van der Waals surface area contributed by atoms with Gasteiger partial charge in [0.15, 0.2) is 0 Å². The van der Waals surface area contributed by atoms with E-state index in [-0.39, 0.29) is 19.1 Å². The first kappa shape index (κ1) is 29.3. The molecule has 0 aliphatic rings. The molecule has 0 radical (unpaired) electrons. The largest absolute Gasteiger partial charge is 0.395 e. The summed E-state index contributed by atoms with van der Waals surface area (Å²) in [5.41, 5.74) is 0. The Morgan fingerprint density at radius 1 is 0.933 bits per heavy atom. The van der Waals surface area contributed by atoms with Gasteiger partial charge in [0.25, 0.3) is 0 Å². The van der Waals surface area contributed by atoms with E-state index < -0.39 is 6.10 Å². The number of quaternary nitrogens is 1. The first-order valence-corrected chi connectivity index (χ1v) is 12.1. The third-order valence-electron chi connectivity index (χ3n) is 5.55. The van der Waals surface area contributed by atoms with Crippen LogP contribution >= 0.6 is 0 Å². The summed E-state index contributed by atoms with van der Waals surface area (Å²) in [4.78, 5) is 14.0. The lowest BCUT2D eigenvalue weighted by atomic mass is 10.1. The Labute approximate surface area is 185 Å². The molecule has 0 spiro atoms. The summed E-state index contributed by atoms with van der Waals surface area (Å²) >= 11 is 0. The van der Waals surface area contributed by atoms with Crippen LogP contribution in [0.2, 0.25) is 0 Å². The van der Waals surface area contributed by atoms with E-state index in [2.05, 4.69) is 12.2 Å². The van der Waals surface area contributed by atoms with Crippen molar-refractivity contribution in [3.63, 3.8) is 0 Å². The van der Waals surface area contributed by atoms with Crippen molar-refractivity contribution in [2.24, 2.45) is 0 Å². The number of likely N-dealkylation sites (N-methyl/N-ethyl adjacent to an activating group) is 1. The van der Waals surface area contributed by atoms with Crippen LogP contribution in [0.1, 0.15) is 71.1 Å². The number of hydrogen-bond acceptors (Lipinski definition) is 5. The average Bonchev–Trinajstić information content (AvgIpc) is 2.66. The Morgan fingerprint density at radius 3 is 2.10 bits per heavy atom. The van der Waals surface area contributed by atoms with Crippen molar-refractivity contribution in [3.05, 3.63) is 0 Å². The van der Waals surface area contributed by atoms with Crippen LogP contribution in [-0.2, 0) is 4.79 Å². The molecule has 0 bridgehead atoms. The summed E-state index contributed by atoms with van der Waals surface area (Å²) < 4.78 is 0.542. The average molecular weight is 433 g/mol. The van der Waals surface area contributed by atoms with Crippen molar-refractivity contribution in [3.8, 4) is 0 Å². The smallest absolute Gasteiger partial charge is 0.220 e. The molecule has 7 nitrogen and oxygen atoms in total. The van der Waals surface area contributed by atoms with Gasteiger partial charge in [-0.15, -0.1) is 0 Å². The van der Waals surface area contributed by atoms with Crippen LogP contribution in [0.3, 0.4) is 0 Å². The van der Waals surface area contributed by atoms with Gasteiger partial charge in [0.1, 0.15) is 19.2 Å². The molecular weight excluding hydrogens is 382 g/mol. The summed E-state index contributed by atoms with van der Waals surface area (Å²) in [7, 11) is 3.95. The van der Waals surface area contributed by atoms with E-state index in [1.807, 2.05) is 19.0 Å². The zero-order valence-electron chi connectivity index (χ0n) is 19.9. The molecule has 0 aliphatic heterocycles. The summed E-state index contributed by atoms with van der Waals surface area (Å²) in [6, 6.07) is 0. The number of aliphatic hydroxyl groups excluding tert-OH is 3. The van der Waals surface area contributed by atoms with Crippen molar-refractivity contribution in [2.75, 3.05) is 66.6 Å². The van der Waals surface area contributed by atoms with Crippen LogP contribution in [-0.4, -0.2) is 103 Å². The van der Waals surface area contributed by atoms with Crippen molar-refractivity contribution >= 4 is 5.91 Å². The van der Waals surface area contributed by atoms with E-state index in [0.29, 0.717) is 50.2 Å². The van der Waals surface area contributed by atoms with Crippen molar-refractivity contribution in [2.45, 2.75) is 77.2 Å². The number of carbonyl (C=O) groups is 1. The number of nitrogens with zero attached hydrogens (tertiary/aromatic N) is 2. The van der Waals surface area contributed by atoms with Gasteiger partial charge in [0, 0.05) is 32.6 Å². The second-order valence-electron chi connectivity index (χ2n) is 9.17. The van der Waals surface area contributed by atoms with Gasteiger partial charge < -0.3 is 25.1 Å². The first-order valence-electron chi connectivity index (χ1n) is 12.1. The van der Waals surface area contributed by atoms with E-state index in [9.17, 15) is 15.0 Å². The molecule has 0 saturated heterocycles. The maximum Gasteiger partial charge on any atom is 0.220 e. The van der Waals surface area contributed by atoms with Crippen molar-refractivity contribution < 1.29 is 24.6 Å². The number of rotatable bonds is 21. The topological polar surface area (TPSA) is 93.0 Å². The van der Waals surface area contributed by atoms with Gasteiger partial charge in [-0.2, -0.15) is 0 Å². The molecule has 0 rings (SSSR count). The fraction of sp³-hybridized carbons (Fsp3) is 0.957. The Kier molecular flexibility index (Phi) is 18.5. The number of unbranched alkanes of at least 4 members (excludes halogenated alkanes) is 8. The Hall–Kier alpha value is -0.730. The van der Waals surface area contributed by atoms with E-state index in [1.54, 1.807) is 0 Å². The van der Waals surface area contributed by atoms with Crippen molar-refractivity contribution in [1.29, 1.82) is 0 Å². The summed E-state index contributed by atoms with van der Waals surface area (Å²) in [5, 5.41) is 31.7. The van der Waals surface area contributed by atoms with E-state index >= 15 is 0 Å². The molecule has 0 aromatic carbocycles. The number of amides is 1. The molecule has 1 unspecified atom stereocenters. The van der Waals surface area contributed by atoms with Gasteiger partial charge in [-0.3, -0.25) is 9.69 Å². The Morgan fingerprint density at radius 2 is 1.53 bits per heavy atom. The molecule has 30 heavy (non-hydrogen) atoms. The minimum absolute atomic E-state index is 0.0218. The minimum atomic E-state index is -0.546. The highest BCUT2D eigenvalue weighted by Gasteiger charge is 2.22. The van der Waals surface area contributed by atoms with Crippen LogP contribution in [0, 0.1) is 0 Å². The maximum atomic E-state index is 12.0. The summed E-state index contributed by atoms with van der Waals surface area (Å²) in [6.45, 7) is 5.52. The molecule has 7 heteroatoms. The number of carbonyl (C=O) groups excluding carboxylic acids is 1. The van der Waals surface area contributed by atoms with E-state index in [4.69, 9.17) is 5.11 Å². The monoisotopic (exact) mass is 432 g/mol. The molecule has 0 saturated carbocycles. The van der Waals surface area contributed by atoms with Gasteiger partial charge in [-0.1, -0.05) is 58.3 Å². The van der Waals surface area contributed by atoms with Gasteiger partial charge in [0.05, 0.1) is 27.3 Å². The Bertz CT molecular complexity index is 408. The third kappa shape index (κ3) is 18.1. The predicted octanol–water partition coefficient (Wildman–Crippen LogP) is 1.75. The molecule has 4 N–H and O–H groups in total. The highest BCUT2D eigenvalue weighted by molar-refractivity contribution is 5.75. The van der Waals surface area contributed by atoms with Crippen LogP contribution in [0.4, 0.5) is 0 Å². The first-order chi connectivity index (χ1) is 14.3. The van der Waals surface area contributed by atoms with Crippen LogP contribution in [0.5, 0.6) is 0 Å². The molecule has 0 aromatic heterocycles. The van der Waals surface area contributed by atoms with Crippen LogP contribution in [0.25, 0.3) is 0 Å². The number of nitrogens with one attached hydrogen (secondary N) is 1. The standard InChI is InChI=1S/C23H49N3O4/c1-4-5-6-7-8-9-10-11-12-13-23(30)24-14-15-25(16-18-27)20-22(29)21-26(2,3)17-19-28/h22,27-29H,4-21H2,1-3H3/p+1. The highest BCUT2D eigenvalue weighted by atomic mass is 16.3. The zero-order valence-corrected chi connectivity index (χ0v) is 19.9. The van der Waals surface area contributed by atoms with E-state index in [0.717, 1.165) is 12.8 Å². The number of aliphatic hydroxyl groups is 3. The lowest BCUT2D eigenvalue weighted by Crippen LogP contribution is -2.50. The van der Waals surface area contributed by atoms with E-state index in [1.165, 1.54) is 44.9 Å². The predicted molar refractivity (Wildman–Crippen MR) is 123 cm³/mol. The zero-order chi connectivity index (χ0) is 22.7. The molecule has 180 valence electrons. The molecular formula is C23H50N3O4+. The fourth-order valence-electron chi connectivity index (χ4n) is 3.76. The minimum Gasteiger partial charge on any atom is -0.395 e. The van der Waals surface area contributed by atoms with Crippen LogP contribution in [0.15, 0.2) is 0 Å². The quantitative estimate of drug-likeness (QED) is 0.164. The lowest BCUT2D eigenvalue weighted by Gasteiger charge is -2.33. The molecule has 0 heterocycles. The van der Waals surface area contributed by atoms with Gasteiger partial charge in [-0.05, 0) is 6.42 Å². The highest BCUT2D eigenvalue weighted by Crippen LogP contribution is 2.10. The second-order valence-corrected chi connectivity index (χ2v) is 9.17. The van der Waals surface area contributed by atoms with Crippen molar-refractivity contribution in [1.82, 2.24) is 10.2 Å². The molecule has 0 aliphatic carbocycles. The Balaban J connectivity index is 3.88. The third-order valence-corrected chi connectivity index (χ3v) is 5.55. The summed E-state index contributed by atoms with van der Waals surface area (Å²) in [6.07, 6.45) is 11.2. The molecule has 1 amide bonds. The van der Waals surface area contributed by atoms with Gasteiger partial charge in [-0.25, -0.2) is 0 Å². The molecule has 0 fully saturated rings. The van der Waals surface area contributed by atoms with Gasteiger partial charge >= 0.3 is 0 Å². The van der Waals surface area contributed by atoms with Gasteiger partial charge in [0.2, 0.25) is 5.91 Å². The summed E-state index contributed by atoms with van der Waals surface area (Å²) in [5.74, 6) is 0.0863. The normalized spacial score (nSPS) is 13.0. The molecule has 1 atom stereocenters.